The largest absolute Gasteiger partial charge is 0.493 e. The van der Waals surface area contributed by atoms with Crippen molar-refractivity contribution in [3.05, 3.63) is 23.8 Å². The molecule has 0 fully saturated rings. The first-order chi connectivity index (χ1) is 8.71. The number of benzene rings is 1. The van der Waals surface area contributed by atoms with Gasteiger partial charge in [-0.3, -0.25) is 4.79 Å². The summed E-state index contributed by atoms with van der Waals surface area (Å²) in [5.41, 5.74) is 0.988. The SMILES string of the molecule is CCOc1cc(CNC(=O)CCBr)ccc1OC. The molecule has 4 nitrogen and oxygen atoms in total. The second-order valence-corrected chi connectivity index (χ2v) is 4.43. The Morgan fingerprint density at radius 2 is 2.17 bits per heavy atom. The predicted octanol–water partition coefficient (Wildman–Crippen LogP) is 2.50. The zero-order valence-electron chi connectivity index (χ0n) is 10.7. The highest BCUT2D eigenvalue weighted by Crippen LogP contribution is 2.27. The number of methoxy groups -OCH3 is 1. The molecule has 5 heteroatoms. The predicted molar refractivity (Wildman–Crippen MR) is 74.4 cm³/mol. The van der Waals surface area contributed by atoms with Crippen molar-refractivity contribution in [3.8, 4) is 11.5 Å². The molecule has 1 aromatic rings. The van der Waals surface area contributed by atoms with Gasteiger partial charge in [0, 0.05) is 18.3 Å². The van der Waals surface area contributed by atoms with Crippen molar-refractivity contribution in [2.75, 3.05) is 19.0 Å². The molecule has 0 spiro atoms. The molecule has 0 radical (unpaired) electrons. The Hall–Kier alpha value is -1.23. The standard InChI is InChI=1S/C13H18BrNO3/c1-3-18-12-8-10(4-5-11(12)17-2)9-15-13(16)6-7-14/h4-5,8H,3,6-7,9H2,1-2H3,(H,15,16). The third-order valence-electron chi connectivity index (χ3n) is 2.34. The molecular formula is C13H18BrNO3. The van der Waals surface area contributed by atoms with Crippen LogP contribution in [-0.2, 0) is 11.3 Å². The third kappa shape index (κ3) is 4.56. The maximum absolute atomic E-state index is 11.4. The van der Waals surface area contributed by atoms with E-state index in [1.807, 2.05) is 25.1 Å². The Balaban J connectivity index is 2.66. The molecule has 1 amide bonds. The summed E-state index contributed by atoms with van der Waals surface area (Å²) in [6, 6.07) is 5.64. The number of alkyl halides is 1. The number of amides is 1. The smallest absolute Gasteiger partial charge is 0.221 e. The summed E-state index contributed by atoms with van der Waals surface area (Å²) in [5.74, 6) is 1.43. The van der Waals surface area contributed by atoms with Gasteiger partial charge < -0.3 is 14.8 Å². The first kappa shape index (κ1) is 14.8. The van der Waals surface area contributed by atoms with Crippen molar-refractivity contribution >= 4 is 21.8 Å². The van der Waals surface area contributed by atoms with Gasteiger partial charge in [-0.05, 0) is 24.6 Å². The van der Waals surface area contributed by atoms with Crippen LogP contribution in [0.3, 0.4) is 0 Å². The molecular weight excluding hydrogens is 298 g/mol. The minimum atomic E-state index is 0.0284. The van der Waals surface area contributed by atoms with E-state index in [0.29, 0.717) is 36.4 Å². The van der Waals surface area contributed by atoms with Crippen LogP contribution in [0.1, 0.15) is 18.9 Å². The summed E-state index contributed by atoms with van der Waals surface area (Å²) in [7, 11) is 1.61. The van der Waals surface area contributed by atoms with Crippen molar-refractivity contribution in [2.24, 2.45) is 0 Å². The fourth-order valence-electron chi connectivity index (χ4n) is 1.47. The van der Waals surface area contributed by atoms with Gasteiger partial charge in [-0.1, -0.05) is 22.0 Å². The molecule has 0 bridgehead atoms. The molecule has 0 saturated carbocycles. The summed E-state index contributed by atoms with van der Waals surface area (Å²) in [4.78, 5) is 11.4. The number of nitrogens with one attached hydrogen (secondary N) is 1. The van der Waals surface area contributed by atoms with Crippen LogP contribution in [0.2, 0.25) is 0 Å². The highest BCUT2D eigenvalue weighted by molar-refractivity contribution is 9.09. The van der Waals surface area contributed by atoms with E-state index < -0.39 is 0 Å². The van der Waals surface area contributed by atoms with E-state index in [0.717, 1.165) is 5.56 Å². The van der Waals surface area contributed by atoms with Crippen LogP contribution in [0.15, 0.2) is 18.2 Å². The van der Waals surface area contributed by atoms with Gasteiger partial charge in [-0.25, -0.2) is 0 Å². The van der Waals surface area contributed by atoms with Gasteiger partial charge in [0.15, 0.2) is 11.5 Å². The van der Waals surface area contributed by atoms with Gasteiger partial charge in [0.05, 0.1) is 13.7 Å². The Bertz CT molecular complexity index is 396. The number of rotatable bonds is 7. The number of ether oxygens (including phenoxy) is 2. The van der Waals surface area contributed by atoms with Gasteiger partial charge in [0.25, 0.3) is 0 Å². The Labute approximate surface area is 116 Å². The van der Waals surface area contributed by atoms with Crippen molar-refractivity contribution in [3.63, 3.8) is 0 Å². The molecule has 1 aromatic carbocycles. The van der Waals surface area contributed by atoms with E-state index in [4.69, 9.17) is 9.47 Å². The molecule has 0 unspecified atom stereocenters. The number of halogens is 1. The third-order valence-corrected chi connectivity index (χ3v) is 2.74. The van der Waals surface area contributed by atoms with Crippen LogP contribution >= 0.6 is 15.9 Å². The fraction of sp³-hybridized carbons (Fsp3) is 0.462. The lowest BCUT2D eigenvalue weighted by molar-refractivity contribution is -0.120. The first-order valence-corrected chi connectivity index (χ1v) is 6.95. The maximum atomic E-state index is 11.4. The lowest BCUT2D eigenvalue weighted by Gasteiger charge is -2.11. The summed E-state index contributed by atoms with van der Waals surface area (Å²) in [6.45, 7) is 3.00. The molecule has 18 heavy (non-hydrogen) atoms. The van der Waals surface area contributed by atoms with E-state index in [9.17, 15) is 4.79 Å². The summed E-state index contributed by atoms with van der Waals surface area (Å²) in [6.07, 6.45) is 0.481. The number of hydrogen-bond donors (Lipinski definition) is 1. The highest BCUT2D eigenvalue weighted by Gasteiger charge is 2.06. The zero-order valence-corrected chi connectivity index (χ0v) is 12.2. The van der Waals surface area contributed by atoms with E-state index in [-0.39, 0.29) is 5.91 Å². The van der Waals surface area contributed by atoms with Crippen LogP contribution in [0.5, 0.6) is 11.5 Å². The van der Waals surface area contributed by atoms with Crippen LogP contribution in [0.4, 0.5) is 0 Å². The molecule has 1 N–H and O–H groups in total. The lowest BCUT2D eigenvalue weighted by atomic mass is 10.2. The molecule has 0 aliphatic carbocycles. The number of carbonyl (C=O) groups is 1. The second-order valence-electron chi connectivity index (χ2n) is 3.63. The average Bonchev–Trinajstić information content (AvgIpc) is 2.37. The maximum Gasteiger partial charge on any atom is 0.221 e. The summed E-state index contributed by atoms with van der Waals surface area (Å²) < 4.78 is 10.7. The van der Waals surface area contributed by atoms with Crippen molar-refractivity contribution < 1.29 is 14.3 Å². The molecule has 0 aliphatic rings. The van der Waals surface area contributed by atoms with Crippen LogP contribution in [-0.4, -0.2) is 25.0 Å². The molecule has 0 saturated heterocycles. The molecule has 0 aromatic heterocycles. The topological polar surface area (TPSA) is 47.6 Å². The molecule has 0 aliphatic heterocycles. The Morgan fingerprint density at radius 3 is 2.78 bits per heavy atom. The van der Waals surface area contributed by atoms with Crippen molar-refractivity contribution in [1.29, 1.82) is 0 Å². The van der Waals surface area contributed by atoms with Crippen LogP contribution in [0, 0.1) is 0 Å². The van der Waals surface area contributed by atoms with Crippen LogP contribution in [0.25, 0.3) is 0 Å². The van der Waals surface area contributed by atoms with Gasteiger partial charge >= 0.3 is 0 Å². The zero-order chi connectivity index (χ0) is 13.4. The Morgan fingerprint density at radius 1 is 1.39 bits per heavy atom. The van der Waals surface area contributed by atoms with Crippen LogP contribution < -0.4 is 14.8 Å². The van der Waals surface area contributed by atoms with E-state index >= 15 is 0 Å². The molecule has 100 valence electrons. The lowest BCUT2D eigenvalue weighted by Crippen LogP contribution is -2.22. The second kappa shape index (κ2) is 7.97. The van der Waals surface area contributed by atoms with Gasteiger partial charge in [-0.15, -0.1) is 0 Å². The molecule has 0 heterocycles. The monoisotopic (exact) mass is 315 g/mol. The number of hydrogen-bond acceptors (Lipinski definition) is 3. The van der Waals surface area contributed by atoms with Gasteiger partial charge in [0.2, 0.25) is 5.91 Å². The van der Waals surface area contributed by atoms with E-state index in [1.165, 1.54) is 0 Å². The first-order valence-electron chi connectivity index (χ1n) is 5.83. The Kier molecular flexibility index (Phi) is 6.57. The summed E-state index contributed by atoms with van der Waals surface area (Å²) >= 11 is 3.23. The fourth-order valence-corrected chi connectivity index (χ4v) is 1.83. The summed E-state index contributed by atoms with van der Waals surface area (Å²) in [5, 5.41) is 3.51. The molecule has 0 atom stereocenters. The number of carbonyl (C=O) groups excluding carboxylic acids is 1. The van der Waals surface area contributed by atoms with E-state index in [2.05, 4.69) is 21.2 Å². The van der Waals surface area contributed by atoms with Crippen molar-refractivity contribution in [2.45, 2.75) is 19.9 Å². The normalized spacial score (nSPS) is 9.94. The minimum Gasteiger partial charge on any atom is -0.493 e. The van der Waals surface area contributed by atoms with Crippen molar-refractivity contribution in [1.82, 2.24) is 5.32 Å². The minimum absolute atomic E-state index is 0.0284. The van der Waals surface area contributed by atoms with Gasteiger partial charge in [0.1, 0.15) is 0 Å². The van der Waals surface area contributed by atoms with Gasteiger partial charge in [-0.2, -0.15) is 0 Å². The van der Waals surface area contributed by atoms with E-state index in [1.54, 1.807) is 7.11 Å². The average molecular weight is 316 g/mol. The highest BCUT2D eigenvalue weighted by atomic mass is 79.9. The molecule has 1 rings (SSSR count). The quantitative estimate of drug-likeness (QED) is 0.786.